The molecule has 0 unspecified atom stereocenters. The zero-order valence-corrected chi connectivity index (χ0v) is 31.4. The molecule has 2 aromatic carbocycles. The van der Waals surface area contributed by atoms with Crippen LogP contribution in [0.2, 0.25) is 0 Å². The number of likely N-dealkylation sites (tertiary alicyclic amines) is 1. The average molecular weight is 741 g/mol. The Kier molecular flexibility index (Phi) is 9.93. The van der Waals surface area contributed by atoms with Gasteiger partial charge in [0.2, 0.25) is 5.91 Å². The first kappa shape index (κ1) is 36.2. The van der Waals surface area contributed by atoms with E-state index in [2.05, 4.69) is 31.4 Å². The molecule has 11 nitrogen and oxygen atoms in total. The highest BCUT2D eigenvalue weighted by atomic mass is 19.3. The second-order valence-electron chi connectivity index (χ2n) is 15.8. The number of rotatable bonds is 8. The molecule has 6 heterocycles. The van der Waals surface area contributed by atoms with Gasteiger partial charge >= 0.3 is 5.97 Å². The van der Waals surface area contributed by atoms with Crippen molar-refractivity contribution in [2.45, 2.75) is 71.4 Å². The van der Waals surface area contributed by atoms with E-state index in [1.54, 1.807) is 49.2 Å². The largest absolute Gasteiger partial charge is 0.478 e. The summed E-state index contributed by atoms with van der Waals surface area (Å²) in [5, 5.41) is 18.8. The third-order valence-electron chi connectivity index (χ3n) is 12.3. The van der Waals surface area contributed by atoms with Gasteiger partial charge in [0.15, 0.2) is 5.82 Å². The van der Waals surface area contributed by atoms with Gasteiger partial charge in [0, 0.05) is 106 Å². The van der Waals surface area contributed by atoms with Crippen LogP contribution >= 0.6 is 0 Å². The van der Waals surface area contributed by atoms with Gasteiger partial charge in [0.25, 0.3) is 6.43 Å². The number of halogens is 2. The van der Waals surface area contributed by atoms with Crippen molar-refractivity contribution in [2.24, 2.45) is 18.9 Å². The first-order valence-electron chi connectivity index (χ1n) is 19.4. The molecule has 4 aliphatic rings. The number of nitrogens with zero attached hydrogens (tertiary/aromatic N) is 8. The summed E-state index contributed by atoms with van der Waals surface area (Å²) in [5.74, 6) is 1.03. The number of amides is 1. The Hall–Kier alpha value is -4.78. The number of hydrogen-bond acceptors (Lipinski definition) is 7. The molecule has 1 amide bonds. The monoisotopic (exact) mass is 740 g/mol. The van der Waals surface area contributed by atoms with Gasteiger partial charge in [-0.1, -0.05) is 6.92 Å². The SMILES string of the molecule is CC(=O)N1CCc2c(c(N3CCCc4cc(-c5cnn(C)c5)c(C(F)F)cc43)nn2C2CCN(C[C@H]3CCN(c4ccc(C(=O)O)cc4)C[C@H]3C)CC2)C1. The maximum absolute atomic E-state index is 14.7. The van der Waals surface area contributed by atoms with Crippen LogP contribution in [0.5, 0.6) is 0 Å². The highest BCUT2D eigenvalue weighted by Crippen LogP contribution is 2.44. The predicted octanol–water partition coefficient (Wildman–Crippen LogP) is 6.71. The average Bonchev–Trinajstić information content (AvgIpc) is 3.78. The first-order valence-corrected chi connectivity index (χ1v) is 19.4. The Morgan fingerprint density at radius 1 is 1.00 bits per heavy atom. The predicted molar refractivity (Wildman–Crippen MR) is 204 cm³/mol. The third kappa shape index (κ3) is 6.98. The van der Waals surface area contributed by atoms with Crippen LogP contribution in [-0.2, 0) is 31.2 Å². The van der Waals surface area contributed by atoms with E-state index in [4.69, 9.17) is 5.10 Å². The van der Waals surface area contributed by atoms with E-state index in [1.165, 1.54) is 5.69 Å². The first-order chi connectivity index (χ1) is 26.0. The molecule has 2 atom stereocenters. The molecule has 0 spiro atoms. The van der Waals surface area contributed by atoms with Gasteiger partial charge in [-0.3, -0.25) is 14.2 Å². The number of benzene rings is 2. The zero-order valence-electron chi connectivity index (χ0n) is 31.4. The van der Waals surface area contributed by atoms with Crippen molar-refractivity contribution < 1.29 is 23.5 Å². The van der Waals surface area contributed by atoms with Crippen LogP contribution in [-0.4, -0.2) is 92.2 Å². The van der Waals surface area contributed by atoms with Crippen LogP contribution in [0.4, 0.5) is 26.0 Å². The summed E-state index contributed by atoms with van der Waals surface area (Å²) in [6, 6.07) is 11.0. The number of anilines is 3. The van der Waals surface area contributed by atoms with Gasteiger partial charge in [-0.15, -0.1) is 0 Å². The van der Waals surface area contributed by atoms with Crippen molar-refractivity contribution in [3.8, 4) is 11.1 Å². The van der Waals surface area contributed by atoms with Crippen LogP contribution < -0.4 is 9.80 Å². The standard InChI is InChI=1S/C41H50F2N8O3/c1-26-22-49(32-8-6-28(7-9-32)41(53)54)17-10-30(26)24-47-15-11-33(12-16-47)51-37-13-18-48(27(2)52)25-36(37)40(45-51)50-14-4-5-29-19-34(31-21-44-46(3)23-31)35(39(42)43)20-38(29)50/h6-9,19-21,23,26,30,33,39H,4-5,10-18,22,24-25H2,1-3H3,(H,53,54)/t26-,30-/m1/s1. The van der Waals surface area contributed by atoms with Crippen LogP contribution in [0.25, 0.3) is 11.1 Å². The smallest absolute Gasteiger partial charge is 0.335 e. The molecule has 0 radical (unpaired) electrons. The van der Waals surface area contributed by atoms with Gasteiger partial charge in [0.1, 0.15) is 0 Å². The number of fused-ring (bicyclic) bond motifs is 2. The van der Waals surface area contributed by atoms with Crippen molar-refractivity contribution in [3.05, 3.63) is 76.7 Å². The Morgan fingerprint density at radius 2 is 1.78 bits per heavy atom. The van der Waals surface area contributed by atoms with E-state index in [0.717, 1.165) is 99.6 Å². The van der Waals surface area contributed by atoms with Crippen LogP contribution in [0.3, 0.4) is 0 Å². The molecule has 2 saturated heterocycles. The summed E-state index contributed by atoms with van der Waals surface area (Å²) < 4.78 is 33.2. The van der Waals surface area contributed by atoms with Crippen molar-refractivity contribution >= 4 is 29.1 Å². The molecular formula is C41H50F2N8O3. The van der Waals surface area contributed by atoms with Gasteiger partial charge in [0.05, 0.1) is 24.3 Å². The number of hydrogen-bond donors (Lipinski definition) is 1. The number of alkyl halides is 2. The summed E-state index contributed by atoms with van der Waals surface area (Å²) in [6.07, 6.45) is 6.22. The summed E-state index contributed by atoms with van der Waals surface area (Å²) >= 11 is 0. The molecule has 0 bridgehead atoms. The Labute approximate surface area is 315 Å². The minimum Gasteiger partial charge on any atom is -0.478 e. The highest BCUT2D eigenvalue weighted by Gasteiger charge is 2.36. The molecular weight excluding hydrogens is 690 g/mol. The summed E-state index contributed by atoms with van der Waals surface area (Å²) in [7, 11) is 1.79. The van der Waals surface area contributed by atoms with Crippen LogP contribution in [0.1, 0.15) is 84.7 Å². The lowest BCUT2D eigenvalue weighted by molar-refractivity contribution is -0.129. The van der Waals surface area contributed by atoms with Gasteiger partial charge in [-0.25, -0.2) is 13.6 Å². The van der Waals surface area contributed by atoms with E-state index >= 15 is 0 Å². The highest BCUT2D eigenvalue weighted by molar-refractivity contribution is 5.88. The van der Waals surface area contributed by atoms with Crippen molar-refractivity contribution in [3.63, 3.8) is 0 Å². The minimum atomic E-state index is -2.65. The molecule has 4 aromatic rings. The molecule has 0 saturated carbocycles. The second-order valence-corrected chi connectivity index (χ2v) is 15.8. The maximum Gasteiger partial charge on any atom is 0.335 e. The van der Waals surface area contributed by atoms with E-state index in [-0.39, 0.29) is 17.5 Å². The Bertz CT molecular complexity index is 2020. The number of carbonyl (C=O) groups excluding carboxylic acids is 1. The number of carbonyl (C=O) groups is 2. The van der Waals surface area contributed by atoms with Gasteiger partial charge < -0.3 is 24.7 Å². The fourth-order valence-electron chi connectivity index (χ4n) is 9.27. The maximum atomic E-state index is 14.7. The number of aryl methyl sites for hydroxylation is 2. The van der Waals surface area contributed by atoms with E-state index < -0.39 is 12.4 Å². The molecule has 1 N–H and O–H groups in total. The van der Waals surface area contributed by atoms with Crippen molar-refractivity contribution in [1.29, 1.82) is 0 Å². The fraction of sp³-hybridized carbons (Fsp3) is 0.512. The number of carboxylic acids is 1. The van der Waals surface area contributed by atoms with Crippen LogP contribution in [0, 0.1) is 11.8 Å². The van der Waals surface area contributed by atoms with Gasteiger partial charge in [-0.2, -0.15) is 10.2 Å². The lowest BCUT2D eigenvalue weighted by atomic mass is 9.85. The summed E-state index contributed by atoms with van der Waals surface area (Å²) in [5.41, 5.74) is 6.61. The Balaban J connectivity index is 0.997. The number of aromatic carboxylic acids is 1. The zero-order chi connectivity index (χ0) is 37.7. The molecule has 0 aliphatic carbocycles. The molecule has 2 fully saturated rings. The van der Waals surface area contributed by atoms with E-state index in [0.29, 0.717) is 48.2 Å². The van der Waals surface area contributed by atoms with E-state index in [9.17, 15) is 23.5 Å². The molecule has 8 rings (SSSR count). The lowest BCUT2D eigenvalue weighted by Crippen LogP contribution is -2.45. The van der Waals surface area contributed by atoms with Crippen molar-refractivity contribution in [2.75, 3.05) is 55.6 Å². The van der Waals surface area contributed by atoms with Crippen molar-refractivity contribution in [1.82, 2.24) is 29.4 Å². The minimum absolute atomic E-state index is 0.00549. The molecule has 2 aromatic heterocycles. The quantitative estimate of drug-likeness (QED) is 0.213. The normalized spacial score (nSPS) is 21.0. The molecule has 54 heavy (non-hydrogen) atoms. The molecule has 286 valence electrons. The lowest BCUT2D eigenvalue weighted by Gasteiger charge is -2.42. The number of aromatic nitrogens is 4. The topological polar surface area (TPSA) is 103 Å². The fourth-order valence-corrected chi connectivity index (χ4v) is 9.27. The summed E-state index contributed by atoms with van der Waals surface area (Å²) in [6.45, 7) is 10.7. The third-order valence-corrected chi connectivity index (χ3v) is 12.3. The van der Waals surface area contributed by atoms with Gasteiger partial charge in [-0.05, 0) is 91.5 Å². The second kappa shape index (κ2) is 14.8. The Morgan fingerprint density at radius 3 is 2.44 bits per heavy atom. The number of piperidine rings is 2. The molecule has 4 aliphatic heterocycles. The summed E-state index contributed by atoms with van der Waals surface area (Å²) in [4.78, 5) is 32.9. The van der Waals surface area contributed by atoms with Crippen LogP contribution in [0.15, 0.2) is 48.8 Å². The number of carboxylic acid groups (broad SMARTS) is 1. The van der Waals surface area contributed by atoms with E-state index in [1.807, 2.05) is 23.1 Å². The molecule has 13 heteroatoms.